The van der Waals surface area contributed by atoms with Crippen LogP contribution in [0.2, 0.25) is 0 Å². The fourth-order valence-electron chi connectivity index (χ4n) is 4.92. The Hall–Kier alpha value is -3.52. The summed E-state index contributed by atoms with van der Waals surface area (Å²) in [6, 6.07) is 14.1. The van der Waals surface area contributed by atoms with Crippen molar-refractivity contribution in [3.05, 3.63) is 65.5 Å². The topological polar surface area (TPSA) is 87.7 Å². The summed E-state index contributed by atoms with van der Waals surface area (Å²) >= 11 is 0. The van der Waals surface area contributed by atoms with Gasteiger partial charge >= 0.3 is 0 Å². The standard InChI is InChI=1S/C32H37NO6S/c1-20-8-10-21(11-9-20)40(35,36)33-23(12-14-28(34)31(2,3)4)30(25-13-15-29(39-25)32(5,6)7)22-18-26-27(19-24(22)33)38-17-16-37-26/h8-11,13,15,18-19H,12,14,16-17H2,1-7H3. The molecule has 5 rings (SSSR count). The van der Waals surface area contributed by atoms with Gasteiger partial charge in [0, 0.05) is 40.0 Å². The van der Waals surface area contributed by atoms with Gasteiger partial charge in [-0.1, -0.05) is 59.2 Å². The van der Waals surface area contributed by atoms with Crippen molar-refractivity contribution in [2.24, 2.45) is 5.41 Å². The smallest absolute Gasteiger partial charge is 0.268 e. The van der Waals surface area contributed by atoms with Crippen LogP contribution < -0.4 is 9.47 Å². The largest absolute Gasteiger partial charge is 0.486 e. The van der Waals surface area contributed by atoms with Gasteiger partial charge < -0.3 is 13.9 Å². The van der Waals surface area contributed by atoms with E-state index in [1.54, 1.807) is 30.3 Å². The van der Waals surface area contributed by atoms with E-state index >= 15 is 0 Å². The van der Waals surface area contributed by atoms with Gasteiger partial charge in [0.2, 0.25) is 0 Å². The molecule has 1 aliphatic rings. The third-order valence-corrected chi connectivity index (χ3v) is 9.02. The number of fused-ring (bicyclic) bond motifs is 2. The summed E-state index contributed by atoms with van der Waals surface area (Å²) in [6.45, 7) is 14.5. The van der Waals surface area contributed by atoms with Gasteiger partial charge in [-0.25, -0.2) is 12.4 Å². The molecule has 40 heavy (non-hydrogen) atoms. The van der Waals surface area contributed by atoms with Gasteiger partial charge in [0.05, 0.1) is 10.4 Å². The van der Waals surface area contributed by atoms with Crippen LogP contribution in [0, 0.1) is 12.3 Å². The zero-order valence-corrected chi connectivity index (χ0v) is 25.1. The Morgan fingerprint density at radius 3 is 2.10 bits per heavy atom. The minimum Gasteiger partial charge on any atom is -0.486 e. The number of Topliss-reactive ketones (excluding diaryl/α,β-unsaturated/α-hetero) is 1. The average Bonchev–Trinajstić information content (AvgIpc) is 3.48. The summed E-state index contributed by atoms with van der Waals surface area (Å²) in [4.78, 5) is 13.3. The fourth-order valence-corrected chi connectivity index (χ4v) is 6.50. The number of hydrogen-bond acceptors (Lipinski definition) is 6. The second-order valence-corrected chi connectivity index (χ2v) is 14.3. The van der Waals surface area contributed by atoms with E-state index in [0.717, 1.165) is 11.3 Å². The van der Waals surface area contributed by atoms with E-state index < -0.39 is 15.4 Å². The third-order valence-electron chi connectivity index (χ3n) is 7.26. The molecule has 0 saturated heterocycles. The summed E-state index contributed by atoms with van der Waals surface area (Å²) < 4.78 is 48.2. The van der Waals surface area contributed by atoms with E-state index in [0.29, 0.717) is 52.6 Å². The van der Waals surface area contributed by atoms with Gasteiger partial charge in [0.1, 0.15) is 30.5 Å². The zero-order chi connectivity index (χ0) is 29.0. The molecule has 212 valence electrons. The first-order valence-electron chi connectivity index (χ1n) is 13.6. The maximum atomic E-state index is 14.4. The lowest BCUT2D eigenvalue weighted by Gasteiger charge is -2.19. The Morgan fingerprint density at radius 2 is 1.52 bits per heavy atom. The molecule has 8 heteroatoms. The lowest BCUT2D eigenvalue weighted by Crippen LogP contribution is -2.22. The number of nitrogens with zero attached hydrogens (tertiary/aromatic N) is 1. The van der Waals surface area contributed by atoms with E-state index in [-0.39, 0.29) is 28.9 Å². The van der Waals surface area contributed by atoms with Gasteiger partial charge in [0.15, 0.2) is 11.5 Å². The molecule has 0 atom stereocenters. The van der Waals surface area contributed by atoms with Crippen molar-refractivity contribution in [3.8, 4) is 22.8 Å². The van der Waals surface area contributed by atoms with Crippen molar-refractivity contribution < 1.29 is 27.1 Å². The average molecular weight is 564 g/mol. The highest BCUT2D eigenvalue weighted by atomic mass is 32.2. The summed E-state index contributed by atoms with van der Waals surface area (Å²) in [5.74, 6) is 2.39. The number of rotatable bonds is 6. The van der Waals surface area contributed by atoms with Crippen LogP contribution in [0.1, 0.15) is 65.0 Å². The molecular weight excluding hydrogens is 526 g/mol. The first-order chi connectivity index (χ1) is 18.7. The van der Waals surface area contributed by atoms with Crippen molar-refractivity contribution >= 4 is 26.7 Å². The van der Waals surface area contributed by atoms with Gasteiger partial charge in [-0.05, 0) is 43.7 Å². The molecule has 7 nitrogen and oxygen atoms in total. The predicted octanol–water partition coefficient (Wildman–Crippen LogP) is 7.06. The normalized spacial score (nSPS) is 14.1. The van der Waals surface area contributed by atoms with Crippen molar-refractivity contribution in [2.75, 3.05) is 13.2 Å². The lowest BCUT2D eigenvalue weighted by atomic mass is 9.87. The van der Waals surface area contributed by atoms with Crippen LogP contribution in [0.25, 0.3) is 22.2 Å². The molecule has 0 saturated carbocycles. The van der Waals surface area contributed by atoms with E-state index in [1.807, 2.05) is 45.9 Å². The van der Waals surface area contributed by atoms with Gasteiger partial charge in [-0.15, -0.1) is 0 Å². The molecular formula is C32H37NO6S. The van der Waals surface area contributed by atoms with Crippen molar-refractivity contribution in [1.82, 2.24) is 3.97 Å². The van der Waals surface area contributed by atoms with Crippen LogP contribution in [0.4, 0.5) is 0 Å². The highest BCUT2D eigenvalue weighted by Crippen LogP contribution is 2.45. The quantitative estimate of drug-likeness (QED) is 0.250. The minimum atomic E-state index is -4.06. The Balaban J connectivity index is 1.84. The first-order valence-corrected chi connectivity index (χ1v) is 15.0. The van der Waals surface area contributed by atoms with E-state index in [2.05, 4.69) is 20.8 Å². The van der Waals surface area contributed by atoms with Crippen molar-refractivity contribution in [1.29, 1.82) is 0 Å². The summed E-state index contributed by atoms with van der Waals surface area (Å²) in [5.41, 5.74) is 1.73. The second kappa shape index (κ2) is 9.84. The predicted molar refractivity (Wildman–Crippen MR) is 156 cm³/mol. The van der Waals surface area contributed by atoms with Crippen molar-refractivity contribution in [2.45, 2.75) is 71.6 Å². The van der Waals surface area contributed by atoms with E-state index in [1.165, 1.54) is 3.97 Å². The van der Waals surface area contributed by atoms with Gasteiger partial charge in [0.25, 0.3) is 10.0 Å². The number of aromatic nitrogens is 1. The number of carbonyl (C=O) groups is 1. The fraction of sp³-hybridized carbons (Fsp3) is 0.406. The van der Waals surface area contributed by atoms with Gasteiger partial charge in [-0.2, -0.15) is 0 Å². The number of hydrogen-bond donors (Lipinski definition) is 0. The van der Waals surface area contributed by atoms with E-state index in [4.69, 9.17) is 13.9 Å². The molecule has 0 fully saturated rings. The maximum Gasteiger partial charge on any atom is 0.268 e. The molecule has 3 heterocycles. The molecule has 0 radical (unpaired) electrons. The van der Waals surface area contributed by atoms with Crippen LogP contribution in [0.3, 0.4) is 0 Å². The number of carbonyl (C=O) groups excluding carboxylic acids is 1. The molecule has 0 amide bonds. The molecule has 1 aliphatic heterocycles. The molecule has 0 bridgehead atoms. The molecule has 0 aliphatic carbocycles. The molecule has 2 aromatic heterocycles. The van der Waals surface area contributed by atoms with Crippen LogP contribution in [-0.2, 0) is 26.7 Å². The second-order valence-electron chi connectivity index (χ2n) is 12.5. The lowest BCUT2D eigenvalue weighted by molar-refractivity contribution is -0.126. The number of furan rings is 1. The highest BCUT2D eigenvalue weighted by Gasteiger charge is 2.32. The number of ketones is 1. The Bertz CT molecular complexity index is 1690. The van der Waals surface area contributed by atoms with Gasteiger partial charge in [-0.3, -0.25) is 4.79 Å². The Kier molecular flexibility index (Phi) is 6.89. The summed E-state index contributed by atoms with van der Waals surface area (Å²) in [6.07, 6.45) is 0.388. The minimum absolute atomic E-state index is 0.0452. The number of ether oxygens (including phenoxy) is 2. The third kappa shape index (κ3) is 5.05. The highest BCUT2D eigenvalue weighted by molar-refractivity contribution is 7.90. The molecule has 0 unspecified atom stereocenters. The maximum absolute atomic E-state index is 14.4. The first kappa shape index (κ1) is 28.0. The molecule has 2 aromatic carbocycles. The van der Waals surface area contributed by atoms with Crippen LogP contribution in [0.5, 0.6) is 11.5 Å². The molecule has 0 N–H and O–H groups in total. The number of benzene rings is 2. The monoisotopic (exact) mass is 563 g/mol. The van der Waals surface area contributed by atoms with Crippen molar-refractivity contribution in [3.63, 3.8) is 0 Å². The summed E-state index contributed by atoms with van der Waals surface area (Å²) in [5, 5.41) is 0.660. The van der Waals surface area contributed by atoms with E-state index in [9.17, 15) is 13.2 Å². The van der Waals surface area contributed by atoms with Crippen LogP contribution >= 0.6 is 0 Å². The Morgan fingerprint density at radius 1 is 0.900 bits per heavy atom. The SMILES string of the molecule is Cc1ccc(S(=O)(=O)n2c(CCC(=O)C(C)(C)C)c(-c3ccc(C(C)(C)C)o3)c3cc4c(cc32)OCCO4)cc1. The van der Waals surface area contributed by atoms with Crippen LogP contribution in [-0.4, -0.2) is 31.4 Å². The summed E-state index contributed by atoms with van der Waals surface area (Å²) in [7, 11) is -4.06. The zero-order valence-electron chi connectivity index (χ0n) is 24.3. The molecule has 0 spiro atoms. The molecule has 4 aromatic rings. The van der Waals surface area contributed by atoms with Crippen LogP contribution in [0.15, 0.2) is 57.8 Å². The number of aryl methyl sites for hydroxylation is 1. The Labute approximate surface area is 236 Å².